The first-order chi connectivity index (χ1) is 10.3. The maximum absolute atomic E-state index is 5.81. The molecule has 2 aromatic carbocycles. The van der Waals surface area contributed by atoms with Crippen molar-refractivity contribution in [2.24, 2.45) is 0 Å². The SMILES string of the molecule is Brc1ccc(C2COCCN(Cc3ccccc3)C2)cc1. The van der Waals surface area contributed by atoms with Gasteiger partial charge in [0, 0.05) is 30.0 Å². The highest BCUT2D eigenvalue weighted by Gasteiger charge is 2.20. The van der Waals surface area contributed by atoms with Crippen LogP contribution in [-0.2, 0) is 11.3 Å². The summed E-state index contributed by atoms with van der Waals surface area (Å²) in [7, 11) is 0. The molecule has 1 aliphatic rings. The summed E-state index contributed by atoms with van der Waals surface area (Å²) in [6, 6.07) is 19.3. The lowest BCUT2D eigenvalue weighted by molar-refractivity contribution is 0.134. The number of benzene rings is 2. The Morgan fingerprint density at radius 3 is 2.57 bits per heavy atom. The maximum atomic E-state index is 5.81. The van der Waals surface area contributed by atoms with Gasteiger partial charge in [0.05, 0.1) is 13.2 Å². The molecule has 0 amide bonds. The van der Waals surface area contributed by atoms with Crippen LogP contribution in [0.4, 0.5) is 0 Å². The molecule has 0 N–H and O–H groups in total. The van der Waals surface area contributed by atoms with Gasteiger partial charge in [0.2, 0.25) is 0 Å². The van der Waals surface area contributed by atoms with E-state index in [4.69, 9.17) is 4.74 Å². The van der Waals surface area contributed by atoms with E-state index < -0.39 is 0 Å². The predicted octanol–water partition coefficient (Wildman–Crippen LogP) is 4.07. The number of halogens is 1. The van der Waals surface area contributed by atoms with Crippen LogP contribution in [0.2, 0.25) is 0 Å². The van der Waals surface area contributed by atoms with E-state index in [0.29, 0.717) is 5.92 Å². The second kappa shape index (κ2) is 7.21. The molecule has 1 heterocycles. The second-order valence-corrected chi connectivity index (χ2v) is 6.46. The van der Waals surface area contributed by atoms with Gasteiger partial charge < -0.3 is 4.74 Å². The minimum absolute atomic E-state index is 0.448. The van der Waals surface area contributed by atoms with Gasteiger partial charge in [-0.25, -0.2) is 0 Å². The molecule has 0 saturated carbocycles. The fourth-order valence-corrected chi connectivity index (χ4v) is 3.06. The molecule has 1 atom stereocenters. The van der Waals surface area contributed by atoms with Crippen molar-refractivity contribution in [2.45, 2.75) is 12.5 Å². The number of hydrogen-bond acceptors (Lipinski definition) is 2. The number of ether oxygens (including phenoxy) is 1. The third kappa shape index (κ3) is 4.16. The van der Waals surface area contributed by atoms with Crippen LogP contribution in [0.1, 0.15) is 17.0 Å². The lowest BCUT2D eigenvalue weighted by Crippen LogP contribution is -2.28. The van der Waals surface area contributed by atoms with Gasteiger partial charge in [-0.05, 0) is 23.3 Å². The van der Waals surface area contributed by atoms with E-state index in [9.17, 15) is 0 Å². The third-order valence-corrected chi connectivity index (χ3v) is 4.47. The number of hydrogen-bond donors (Lipinski definition) is 0. The highest BCUT2D eigenvalue weighted by molar-refractivity contribution is 9.10. The van der Waals surface area contributed by atoms with Crippen LogP contribution < -0.4 is 0 Å². The highest BCUT2D eigenvalue weighted by Crippen LogP contribution is 2.23. The summed E-state index contributed by atoms with van der Waals surface area (Å²) in [5.41, 5.74) is 2.73. The average Bonchev–Trinajstić information content (AvgIpc) is 2.75. The molecule has 1 fully saturated rings. The van der Waals surface area contributed by atoms with Gasteiger partial charge in [-0.1, -0.05) is 58.4 Å². The van der Waals surface area contributed by atoms with Crippen molar-refractivity contribution in [1.82, 2.24) is 4.90 Å². The third-order valence-electron chi connectivity index (χ3n) is 3.94. The molecule has 0 radical (unpaired) electrons. The Morgan fingerprint density at radius 1 is 1.05 bits per heavy atom. The Hall–Kier alpha value is -1.16. The first kappa shape index (κ1) is 14.8. The van der Waals surface area contributed by atoms with Crippen molar-refractivity contribution in [3.05, 3.63) is 70.2 Å². The zero-order chi connectivity index (χ0) is 14.5. The van der Waals surface area contributed by atoms with Crippen LogP contribution in [0.25, 0.3) is 0 Å². The van der Waals surface area contributed by atoms with Gasteiger partial charge in [-0.2, -0.15) is 0 Å². The summed E-state index contributed by atoms with van der Waals surface area (Å²) in [5, 5.41) is 0. The minimum atomic E-state index is 0.448. The Balaban J connectivity index is 1.70. The van der Waals surface area contributed by atoms with E-state index in [1.807, 2.05) is 0 Å². The van der Waals surface area contributed by atoms with Crippen molar-refractivity contribution >= 4 is 15.9 Å². The van der Waals surface area contributed by atoms with E-state index in [2.05, 4.69) is 75.4 Å². The fourth-order valence-electron chi connectivity index (χ4n) is 2.80. The molecule has 0 aliphatic carbocycles. The molecule has 1 aliphatic heterocycles. The molecule has 3 heteroatoms. The van der Waals surface area contributed by atoms with E-state index in [1.165, 1.54) is 11.1 Å². The van der Waals surface area contributed by atoms with Crippen LogP contribution in [0.15, 0.2) is 59.1 Å². The van der Waals surface area contributed by atoms with E-state index in [-0.39, 0.29) is 0 Å². The number of nitrogens with zero attached hydrogens (tertiary/aromatic N) is 1. The van der Waals surface area contributed by atoms with Crippen molar-refractivity contribution < 1.29 is 4.74 Å². The summed E-state index contributed by atoms with van der Waals surface area (Å²) < 4.78 is 6.93. The Labute approximate surface area is 134 Å². The molecular formula is C18H20BrNO. The lowest BCUT2D eigenvalue weighted by Gasteiger charge is -2.23. The van der Waals surface area contributed by atoms with Crippen LogP contribution in [0.3, 0.4) is 0 Å². The van der Waals surface area contributed by atoms with E-state index in [1.54, 1.807) is 0 Å². The monoisotopic (exact) mass is 345 g/mol. The summed E-state index contributed by atoms with van der Waals surface area (Å²) in [5.74, 6) is 0.448. The molecule has 2 aromatic rings. The van der Waals surface area contributed by atoms with Crippen molar-refractivity contribution in [2.75, 3.05) is 26.3 Å². The Morgan fingerprint density at radius 2 is 1.81 bits per heavy atom. The van der Waals surface area contributed by atoms with Crippen LogP contribution in [0.5, 0.6) is 0 Å². The standard InChI is InChI=1S/C18H20BrNO/c19-18-8-6-16(7-9-18)17-13-20(10-11-21-14-17)12-15-4-2-1-3-5-15/h1-9,17H,10-14H2. The molecular weight excluding hydrogens is 326 g/mol. The zero-order valence-corrected chi connectivity index (χ0v) is 13.6. The molecule has 0 aromatic heterocycles. The topological polar surface area (TPSA) is 12.5 Å². The normalized spacial score (nSPS) is 20.1. The molecule has 0 spiro atoms. The highest BCUT2D eigenvalue weighted by atomic mass is 79.9. The van der Waals surface area contributed by atoms with Gasteiger partial charge in [0.15, 0.2) is 0 Å². The fraction of sp³-hybridized carbons (Fsp3) is 0.333. The summed E-state index contributed by atoms with van der Waals surface area (Å²) >= 11 is 3.50. The van der Waals surface area contributed by atoms with Gasteiger partial charge in [-0.15, -0.1) is 0 Å². The van der Waals surface area contributed by atoms with E-state index >= 15 is 0 Å². The first-order valence-electron chi connectivity index (χ1n) is 7.41. The second-order valence-electron chi connectivity index (χ2n) is 5.54. The molecule has 3 rings (SSSR count). The van der Waals surface area contributed by atoms with Gasteiger partial charge in [0.1, 0.15) is 0 Å². The van der Waals surface area contributed by atoms with Crippen molar-refractivity contribution in [3.8, 4) is 0 Å². The smallest absolute Gasteiger partial charge is 0.0593 e. The van der Waals surface area contributed by atoms with E-state index in [0.717, 1.165) is 37.3 Å². The average molecular weight is 346 g/mol. The quantitative estimate of drug-likeness (QED) is 0.831. The van der Waals surface area contributed by atoms with Crippen molar-refractivity contribution in [1.29, 1.82) is 0 Å². The summed E-state index contributed by atoms with van der Waals surface area (Å²) in [4.78, 5) is 2.50. The summed E-state index contributed by atoms with van der Waals surface area (Å²) in [6.07, 6.45) is 0. The maximum Gasteiger partial charge on any atom is 0.0593 e. The molecule has 1 saturated heterocycles. The molecule has 21 heavy (non-hydrogen) atoms. The van der Waals surface area contributed by atoms with Gasteiger partial charge in [-0.3, -0.25) is 4.90 Å². The predicted molar refractivity (Wildman–Crippen MR) is 89.4 cm³/mol. The Kier molecular flexibility index (Phi) is 5.07. The molecule has 0 bridgehead atoms. The van der Waals surface area contributed by atoms with Crippen LogP contribution in [-0.4, -0.2) is 31.2 Å². The Bertz CT molecular complexity index is 555. The van der Waals surface area contributed by atoms with Gasteiger partial charge >= 0.3 is 0 Å². The molecule has 2 nitrogen and oxygen atoms in total. The summed E-state index contributed by atoms with van der Waals surface area (Å²) in [6.45, 7) is 4.68. The largest absolute Gasteiger partial charge is 0.379 e. The lowest BCUT2D eigenvalue weighted by atomic mass is 9.99. The van der Waals surface area contributed by atoms with Crippen LogP contribution in [0, 0.1) is 0 Å². The zero-order valence-electron chi connectivity index (χ0n) is 12.0. The van der Waals surface area contributed by atoms with Crippen molar-refractivity contribution in [3.63, 3.8) is 0 Å². The molecule has 1 unspecified atom stereocenters. The first-order valence-corrected chi connectivity index (χ1v) is 8.20. The van der Waals surface area contributed by atoms with Crippen LogP contribution >= 0.6 is 15.9 Å². The molecule has 110 valence electrons. The number of rotatable bonds is 3. The minimum Gasteiger partial charge on any atom is -0.379 e. The van der Waals surface area contributed by atoms with Gasteiger partial charge in [0.25, 0.3) is 0 Å².